The number of hydrogen-bond donors (Lipinski definition) is 1. The van der Waals surface area contributed by atoms with Gasteiger partial charge in [0.1, 0.15) is 0 Å². The largest absolute Gasteiger partial charge is 0.380 e. The van der Waals surface area contributed by atoms with Gasteiger partial charge in [0.2, 0.25) is 5.91 Å². The van der Waals surface area contributed by atoms with Gasteiger partial charge < -0.3 is 20.1 Å². The van der Waals surface area contributed by atoms with Gasteiger partial charge in [-0.05, 0) is 33.1 Å². The lowest BCUT2D eigenvalue weighted by Crippen LogP contribution is -2.60. The first-order chi connectivity index (χ1) is 8.64. The van der Waals surface area contributed by atoms with Gasteiger partial charge in [-0.25, -0.2) is 0 Å². The van der Waals surface area contributed by atoms with Gasteiger partial charge >= 0.3 is 0 Å². The molecule has 0 radical (unpaired) electrons. The van der Waals surface area contributed by atoms with Crippen LogP contribution in [0.2, 0.25) is 0 Å². The molecule has 5 heteroatoms. The molecule has 5 nitrogen and oxygen atoms in total. The van der Waals surface area contributed by atoms with E-state index in [2.05, 4.69) is 0 Å². The van der Waals surface area contributed by atoms with Crippen molar-refractivity contribution >= 4 is 5.91 Å². The summed E-state index contributed by atoms with van der Waals surface area (Å²) in [4.78, 5) is 14.1. The second kappa shape index (κ2) is 7.71. The number of hydrogen-bond acceptors (Lipinski definition) is 4. The number of rotatable bonds is 9. The number of carbonyl (C=O) groups excluding carboxylic acids is 1. The summed E-state index contributed by atoms with van der Waals surface area (Å²) < 4.78 is 10.6. The van der Waals surface area contributed by atoms with Gasteiger partial charge in [0.05, 0.1) is 18.8 Å². The first-order valence-corrected chi connectivity index (χ1v) is 6.87. The zero-order valence-corrected chi connectivity index (χ0v) is 11.6. The van der Waals surface area contributed by atoms with E-state index in [0.717, 1.165) is 19.3 Å². The molecule has 1 amide bonds. The van der Waals surface area contributed by atoms with Crippen LogP contribution in [0.25, 0.3) is 0 Å². The SMILES string of the molecule is CCOCCN(CCOCC)C(=O)C1(N)CCC1. The molecular formula is C13H26N2O3. The molecule has 1 rings (SSSR count). The Kier molecular flexibility index (Phi) is 6.60. The summed E-state index contributed by atoms with van der Waals surface area (Å²) in [6, 6.07) is 0. The van der Waals surface area contributed by atoms with Crippen LogP contribution in [0.5, 0.6) is 0 Å². The molecule has 0 aromatic carbocycles. The van der Waals surface area contributed by atoms with E-state index < -0.39 is 5.54 Å². The first-order valence-electron chi connectivity index (χ1n) is 6.87. The van der Waals surface area contributed by atoms with E-state index in [9.17, 15) is 4.79 Å². The molecule has 18 heavy (non-hydrogen) atoms. The van der Waals surface area contributed by atoms with Crippen LogP contribution in [0, 0.1) is 0 Å². The second-order valence-electron chi connectivity index (χ2n) is 4.70. The van der Waals surface area contributed by atoms with Crippen LogP contribution in [0.3, 0.4) is 0 Å². The third-order valence-electron chi connectivity index (χ3n) is 3.38. The van der Waals surface area contributed by atoms with E-state index >= 15 is 0 Å². The zero-order valence-electron chi connectivity index (χ0n) is 11.6. The maximum atomic E-state index is 12.3. The summed E-state index contributed by atoms with van der Waals surface area (Å²) in [6.07, 6.45) is 2.64. The van der Waals surface area contributed by atoms with Crippen molar-refractivity contribution in [2.75, 3.05) is 39.5 Å². The topological polar surface area (TPSA) is 64.8 Å². The van der Waals surface area contributed by atoms with Crippen LogP contribution in [0.15, 0.2) is 0 Å². The number of nitrogens with two attached hydrogens (primary N) is 1. The Balaban J connectivity index is 2.44. The third-order valence-corrected chi connectivity index (χ3v) is 3.38. The van der Waals surface area contributed by atoms with Crippen molar-refractivity contribution in [2.45, 2.75) is 38.6 Å². The Bertz CT molecular complexity index is 245. The van der Waals surface area contributed by atoms with Gasteiger partial charge in [-0.15, -0.1) is 0 Å². The average Bonchev–Trinajstić information content (AvgIpc) is 2.33. The van der Waals surface area contributed by atoms with Gasteiger partial charge in [0.25, 0.3) is 0 Å². The molecule has 1 fully saturated rings. The Hall–Kier alpha value is -0.650. The lowest BCUT2D eigenvalue weighted by atomic mass is 9.76. The van der Waals surface area contributed by atoms with Crippen molar-refractivity contribution in [3.63, 3.8) is 0 Å². The summed E-state index contributed by atoms with van der Waals surface area (Å²) in [5, 5.41) is 0. The molecule has 0 unspecified atom stereocenters. The molecule has 0 aromatic rings. The van der Waals surface area contributed by atoms with Crippen molar-refractivity contribution in [1.82, 2.24) is 4.90 Å². The summed E-state index contributed by atoms with van der Waals surface area (Å²) in [5.41, 5.74) is 5.46. The standard InChI is InChI=1S/C13H26N2O3/c1-3-17-10-8-15(9-11-18-4-2)12(16)13(14)6-5-7-13/h3-11,14H2,1-2H3. The Labute approximate surface area is 110 Å². The van der Waals surface area contributed by atoms with Crippen molar-refractivity contribution in [3.05, 3.63) is 0 Å². The molecule has 1 aliphatic rings. The van der Waals surface area contributed by atoms with Crippen LogP contribution in [-0.2, 0) is 14.3 Å². The van der Waals surface area contributed by atoms with E-state index in [0.29, 0.717) is 39.5 Å². The van der Waals surface area contributed by atoms with E-state index in [4.69, 9.17) is 15.2 Å². The average molecular weight is 258 g/mol. The summed E-state index contributed by atoms with van der Waals surface area (Å²) in [7, 11) is 0. The fourth-order valence-corrected chi connectivity index (χ4v) is 2.04. The maximum absolute atomic E-state index is 12.3. The molecule has 1 aliphatic carbocycles. The highest BCUT2D eigenvalue weighted by Crippen LogP contribution is 2.30. The lowest BCUT2D eigenvalue weighted by molar-refractivity contribution is -0.141. The molecule has 106 valence electrons. The quantitative estimate of drug-likeness (QED) is 0.620. The van der Waals surface area contributed by atoms with Crippen LogP contribution >= 0.6 is 0 Å². The van der Waals surface area contributed by atoms with E-state index in [1.807, 2.05) is 13.8 Å². The minimum Gasteiger partial charge on any atom is -0.380 e. The monoisotopic (exact) mass is 258 g/mol. The van der Waals surface area contributed by atoms with Crippen LogP contribution in [-0.4, -0.2) is 55.9 Å². The van der Waals surface area contributed by atoms with Gasteiger partial charge in [0.15, 0.2) is 0 Å². The Morgan fingerprint density at radius 3 is 2.00 bits per heavy atom. The smallest absolute Gasteiger partial charge is 0.242 e. The molecule has 0 aliphatic heterocycles. The second-order valence-corrected chi connectivity index (χ2v) is 4.70. The maximum Gasteiger partial charge on any atom is 0.242 e. The first kappa shape index (κ1) is 15.4. The highest BCUT2D eigenvalue weighted by atomic mass is 16.5. The number of carbonyl (C=O) groups is 1. The third kappa shape index (κ3) is 4.23. The van der Waals surface area contributed by atoms with Crippen LogP contribution < -0.4 is 5.73 Å². The predicted molar refractivity (Wildman–Crippen MR) is 70.3 cm³/mol. The highest BCUT2D eigenvalue weighted by Gasteiger charge is 2.42. The molecular weight excluding hydrogens is 232 g/mol. The molecule has 1 saturated carbocycles. The summed E-state index contributed by atoms with van der Waals surface area (Å²) in [5.74, 6) is 0.0492. The zero-order chi connectivity index (χ0) is 13.4. The molecule has 0 saturated heterocycles. The minimum atomic E-state index is -0.627. The number of amides is 1. The molecule has 2 N–H and O–H groups in total. The van der Waals surface area contributed by atoms with Gasteiger partial charge in [0, 0.05) is 26.3 Å². The molecule has 0 heterocycles. The van der Waals surface area contributed by atoms with Crippen molar-refractivity contribution < 1.29 is 14.3 Å². The van der Waals surface area contributed by atoms with E-state index in [-0.39, 0.29) is 5.91 Å². The molecule has 0 aromatic heterocycles. The normalized spacial score (nSPS) is 17.3. The Morgan fingerprint density at radius 2 is 1.67 bits per heavy atom. The van der Waals surface area contributed by atoms with Crippen LogP contribution in [0.4, 0.5) is 0 Å². The lowest BCUT2D eigenvalue weighted by Gasteiger charge is -2.40. The van der Waals surface area contributed by atoms with Gasteiger partial charge in [-0.3, -0.25) is 4.79 Å². The summed E-state index contributed by atoms with van der Waals surface area (Å²) >= 11 is 0. The fourth-order valence-electron chi connectivity index (χ4n) is 2.04. The van der Waals surface area contributed by atoms with Crippen molar-refractivity contribution in [2.24, 2.45) is 5.73 Å². The van der Waals surface area contributed by atoms with Gasteiger partial charge in [-0.2, -0.15) is 0 Å². The highest BCUT2D eigenvalue weighted by molar-refractivity contribution is 5.87. The fraction of sp³-hybridized carbons (Fsp3) is 0.923. The minimum absolute atomic E-state index is 0.0492. The number of ether oxygens (including phenoxy) is 2. The Morgan fingerprint density at radius 1 is 1.17 bits per heavy atom. The summed E-state index contributed by atoms with van der Waals surface area (Å²) in [6.45, 7) is 7.54. The van der Waals surface area contributed by atoms with Crippen molar-refractivity contribution in [3.8, 4) is 0 Å². The van der Waals surface area contributed by atoms with E-state index in [1.54, 1.807) is 4.90 Å². The van der Waals surface area contributed by atoms with Crippen molar-refractivity contribution in [1.29, 1.82) is 0 Å². The molecule has 0 bridgehead atoms. The number of nitrogens with zero attached hydrogens (tertiary/aromatic N) is 1. The van der Waals surface area contributed by atoms with Gasteiger partial charge in [-0.1, -0.05) is 0 Å². The molecule has 0 spiro atoms. The predicted octanol–water partition coefficient (Wildman–Crippen LogP) is 0.769. The van der Waals surface area contributed by atoms with E-state index in [1.165, 1.54) is 0 Å². The molecule has 0 atom stereocenters. The van der Waals surface area contributed by atoms with Crippen LogP contribution in [0.1, 0.15) is 33.1 Å².